The lowest BCUT2D eigenvalue weighted by atomic mass is 10.0. The van der Waals surface area contributed by atoms with Crippen molar-refractivity contribution in [3.05, 3.63) is 39.9 Å². The van der Waals surface area contributed by atoms with Gasteiger partial charge in [0, 0.05) is 6.54 Å². The Hall–Kier alpha value is -2.85. The van der Waals surface area contributed by atoms with Crippen molar-refractivity contribution in [3.63, 3.8) is 0 Å². The Morgan fingerprint density at radius 3 is 2.07 bits per heavy atom. The van der Waals surface area contributed by atoms with Gasteiger partial charge in [-0.1, -0.05) is 114 Å². The third-order valence-corrected chi connectivity index (χ3v) is 8.73. The van der Waals surface area contributed by atoms with Crippen LogP contribution in [0.2, 0.25) is 10.3 Å². The van der Waals surface area contributed by atoms with Gasteiger partial charge in [-0.3, -0.25) is 10.9 Å². The number of halogens is 2. The molecule has 238 valence electrons. The standard InChI is InChI=1S/C29H43Cl2N7O4S/c1-4-5-6-7-8-9-10-11-12-13-14-15-16-17-20-33-43(40,41)22-18-19-24(42-3)23(21-22)34-29(39)38-37-27-25(30)26(32-2)35-28(31)36-27/h18-19,21,33H,4-17,20H2,1,3H3,(H2,34,38,39)(H,35,36,37). The quantitative estimate of drug-likeness (QED) is 0.0459. The van der Waals surface area contributed by atoms with Gasteiger partial charge in [0.1, 0.15) is 10.8 Å². The van der Waals surface area contributed by atoms with Gasteiger partial charge in [0.15, 0.2) is 5.82 Å². The summed E-state index contributed by atoms with van der Waals surface area (Å²) in [5.74, 6) is -0.0224. The number of nitrogens with one attached hydrogen (secondary N) is 4. The molecule has 0 saturated heterocycles. The van der Waals surface area contributed by atoms with Crippen molar-refractivity contribution in [2.45, 2.75) is 102 Å². The topological polar surface area (TPSA) is 139 Å². The summed E-state index contributed by atoms with van der Waals surface area (Å²) in [4.78, 5) is 23.1. The van der Waals surface area contributed by atoms with E-state index < -0.39 is 16.1 Å². The number of rotatable bonds is 21. The molecule has 1 aromatic carbocycles. The maximum Gasteiger partial charge on any atom is 0.338 e. The summed E-state index contributed by atoms with van der Waals surface area (Å²) in [5, 5.41) is 2.15. The number of sulfonamides is 1. The van der Waals surface area contributed by atoms with Crippen LogP contribution < -0.4 is 25.6 Å². The highest BCUT2D eigenvalue weighted by atomic mass is 35.5. The first-order valence-electron chi connectivity index (χ1n) is 14.8. The first kappa shape index (κ1) is 36.3. The first-order chi connectivity index (χ1) is 20.7. The number of urea groups is 1. The van der Waals surface area contributed by atoms with Crippen molar-refractivity contribution < 1.29 is 17.9 Å². The number of anilines is 2. The number of carbonyl (C=O) groups is 1. The lowest BCUT2D eigenvalue weighted by molar-refractivity contribution is 0.253. The fourth-order valence-corrected chi connectivity index (χ4v) is 5.84. The summed E-state index contributed by atoms with van der Waals surface area (Å²) in [6.07, 6.45) is 17.2. The zero-order valence-electron chi connectivity index (χ0n) is 25.0. The predicted molar refractivity (Wildman–Crippen MR) is 173 cm³/mol. The summed E-state index contributed by atoms with van der Waals surface area (Å²) >= 11 is 11.8. The molecule has 0 unspecified atom stereocenters. The minimum absolute atomic E-state index is 0.0192. The van der Waals surface area contributed by atoms with Gasteiger partial charge >= 0.3 is 11.3 Å². The normalized spacial score (nSPS) is 11.1. The van der Waals surface area contributed by atoms with Crippen LogP contribution in [0.5, 0.6) is 5.75 Å². The summed E-state index contributed by atoms with van der Waals surface area (Å²) in [6.45, 7) is 9.66. The highest BCUT2D eigenvalue weighted by Gasteiger charge is 2.18. The molecule has 0 radical (unpaired) electrons. The van der Waals surface area contributed by atoms with Crippen molar-refractivity contribution in [1.29, 1.82) is 0 Å². The van der Waals surface area contributed by atoms with E-state index in [1.54, 1.807) is 0 Å². The maximum absolute atomic E-state index is 12.9. The largest absolute Gasteiger partial charge is 0.495 e. The Balaban J connectivity index is 1.74. The Bertz CT molecular complexity index is 1310. The Kier molecular flexibility index (Phi) is 17.0. The van der Waals surface area contributed by atoms with E-state index in [4.69, 9.17) is 34.5 Å². The molecule has 2 rings (SSSR count). The van der Waals surface area contributed by atoms with E-state index in [-0.39, 0.29) is 38.3 Å². The summed E-state index contributed by atoms with van der Waals surface area (Å²) in [5.41, 5.74) is 4.88. The van der Waals surface area contributed by atoms with Gasteiger partial charge < -0.3 is 14.9 Å². The predicted octanol–water partition coefficient (Wildman–Crippen LogP) is 8.25. The number of amides is 2. The van der Waals surface area contributed by atoms with Crippen molar-refractivity contribution in [1.82, 2.24) is 20.1 Å². The number of hydrogen-bond donors (Lipinski definition) is 4. The van der Waals surface area contributed by atoms with Crippen molar-refractivity contribution in [3.8, 4) is 5.75 Å². The number of hydrogen-bond acceptors (Lipinski definition) is 7. The van der Waals surface area contributed by atoms with Crippen molar-refractivity contribution in [2.24, 2.45) is 0 Å². The lowest BCUT2D eigenvalue weighted by Crippen LogP contribution is -2.34. The van der Waals surface area contributed by atoms with Gasteiger partial charge in [-0.15, -0.1) is 0 Å². The average Bonchev–Trinajstić information content (AvgIpc) is 2.99. The fourth-order valence-electron chi connectivity index (χ4n) is 4.40. The molecule has 11 nitrogen and oxygen atoms in total. The third-order valence-electron chi connectivity index (χ3n) is 6.76. The molecule has 2 amide bonds. The minimum Gasteiger partial charge on any atom is -0.495 e. The van der Waals surface area contributed by atoms with Gasteiger partial charge in [0.05, 0.1) is 17.7 Å². The zero-order chi connectivity index (χ0) is 31.5. The number of carbonyl (C=O) groups excluding carboxylic acids is 1. The van der Waals surface area contributed by atoms with Crippen LogP contribution in [0.25, 0.3) is 4.85 Å². The molecule has 0 fully saturated rings. The second kappa shape index (κ2) is 20.2. The monoisotopic (exact) mass is 655 g/mol. The Morgan fingerprint density at radius 2 is 1.51 bits per heavy atom. The van der Waals surface area contributed by atoms with Crippen LogP contribution in [0.1, 0.15) is 96.8 Å². The molecule has 0 spiro atoms. The lowest BCUT2D eigenvalue weighted by Gasteiger charge is -2.14. The summed E-state index contributed by atoms with van der Waals surface area (Å²) in [7, 11) is -2.41. The summed E-state index contributed by atoms with van der Waals surface area (Å²) < 4.78 is 33.7. The summed E-state index contributed by atoms with van der Waals surface area (Å²) in [6, 6.07) is 3.38. The molecule has 0 bridgehead atoms. The van der Waals surface area contributed by atoms with Crippen LogP contribution in [0, 0.1) is 6.57 Å². The molecule has 4 N–H and O–H groups in total. The van der Waals surface area contributed by atoms with Crippen LogP contribution in [-0.2, 0) is 10.0 Å². The SMILES string of the molecule is [C-]#[N+]c1nc(Cl)nc(NNC(=O)Nc2cc(S(=O)(=O)NCCCCCCCCCCCCCCCC)ccc2OC)c1Cl. The molecule has 0 aliphatic rings. The molecule has 0 atom stereocenters. The van der Waals surface area contributed by atoms with Gasteiger partial charge in [0.25, 0.3) is 5.82 Å². The molecule has 2 aromatic rings. The van der Waals surface area contributed by atoms with E-state index in [0.717, 1.165) is 19.3 Å². The van der Waals surface area contributed by atoms with E-state index >= 15 is 0 Å². The van der Waals surface area contributed by atoms with E-state index in [1.165, 1.54) is 95.9 Å². The van der Waals surface area contributed by atoms with E-state index in [0.29, 0.717) is 6.54 Å². The smallest absolute Gasteiger partial charge is 0.338 e. The highest BCUT2D eigenvalue weighted by molar-refractivity contribution is 7.89. The average molecular weight is 657 g/mol. The molecular formula is C29H43Cl2N7O4S. The molecule has 1 heterocycles. The van der Waals surface area contributed by atoms with E-state index in [2.05, 4.69) is 42.6 Å². The third kappa shape index (κ3) is 13.5. The van der Waals surface area contributed by atoms with Gasteiger partial charge in [0.2, 0.25) is 10.0 Å². The second-order valence-electron chi connectivity index (χ2n) is 10.2. The van der Waals surface area contributed by atoms with Gasteiger partial charge in [-0.25, -0.2) is 17.9 Å². The number of hydrazine groups is 1. The van der Waals surface area contributed by atoms with Crippen molar-refractivity contribution in [2.75, 3.05) is 24.4 Å². The Labute approximate surface area is 265 Å². The van der Waals surface area contributed by atoms with Crippen LogP contribution >= 0.6 is 23.2 Å². The minimum atomic E-state index is -3.80. The number of aromatic nitrogens is 2. The van der Waals surface area contributed by atoms with Crippen LogP contribution in [-0.4, -0.2) is 38.1 Å². The van der Waals surface area contributed by atoms with Gasteiger partial charge in [-0.2, -0.15) is 4.98 Å². The van der Waals surface area contributed by atoms with Crippen LogP contribution in [0.4, 0.5) is 22.1 Å². The van der Waals surface area contributed by atoms with Crippen LogP contribution in [0.15, 0.2) is 23.1 Å². The number of nitrogens with zero attached hydrogens (tertiary/aromatic N) is 3. The molecule has 43 heavy (non-hydrogen) atoms. The fraction of sp³-hybridized carbons (Fsp3) is 0.586. The number of benzene rings is 1. The van der Waals surface area contributed by atoms with Crippen LogP contribution in [0.3, 0.4) is 0 Å². The van der Waals surface area contributed by atoms with E-state index in [1.807, 2.05) is 0 Å². The molecule has 0 saturated carbocycles. The number of methoxy groups -OCH3 is 1. The zero-order valence-corrected chi connectivity index (χ0v) is 27.3. The molecule has 14 heteroatoms. The maximum atomic E-state index is 12.9. The first-order valence-corrected chi connectivity index (χ1v) is 17.1. The van der Waals surface area contributed by atoms with E-state index in [9.17, 15) is 13.2 Å². The number of ether oxygens (including phenoxy) is 1. The molecule has 1 aromatic heterocycles. The molecular weight excluding hydrogens is 613 g/mol. The number of unbranched alkanes of at least 4 members (excludes halogenated alkanes) is 13. The second-order valence-corrected chi connectivity index (χ2v) is 12.6. The Morgan fingerprint density at radius 1 is 0.930 bits per heavy atom. The van der Waals surface area contributed by atoms with Crippen molar-refractivity contribution >= 4 is 56.6 Å². The molecule has 0 aliphatic heterocycles. The van der Waals surface area contributed by atoms with Gasteiger partial charge in [-0.05, 0) is 36.2 Å². The molecule has 0 aliphatic carbocycles. The highest BCUT2D eigenvalue weighted by Crippen LogP contribution is 2.30.